The third-order valence-corrected chi connectivity index (χ3v) is 4.72. The first-order chi connectivity index (χ1) is 9.75. The molecule has 4 heteroatoms. The molecule has 1 unspecified atom stereocenters. The van der Waals surface area contributed by atoms with Gasteiger partial charge in [0.05, 0.1) is 0 Å². The molecule has 0 aromatic carbocycles. The Morgan fingerprint density at radius 2 is 2.10 bits per heavy atom. The van der Waals surface area contributed by atoms with Gasteiger partial charge in [-0.25, -0.2) is 9.97 Å². The summed E-state index contributed by atoms with van der Waals surface area (Å²) in [5.74, 6) is 0.895. The summed E-state index contributed by atoms with van der Waals surface area (Å²) in [4.78, 5) is 9.50. The first kappa shape index (κ1) is 14.0. The monoisotopic (exact) mass is 275 g/mol. The molecule has 2 aliphatic carbocycles. The summed E-state index contributed by atoms with van der Waals surface area (Å²) in [7, 11) is 0. The van der Waals surface area contributed by atoms with Crippen LogP contribution in [-0.4, -0.2) is 16.6 Å². The lowest BCUT2D eigenvalue weighted by atomic mass is 9.83. The molecule has 3 rings (SSSR count). The van der Waals surface area contributed by atoms with Gasteiger partial charge >= 0.3 is 0 Å². The molecule has 2 aliphatic rings. The molecule has 0 spiro atoms. The summed E-state index contributed by atoms with van der Waals surface area (Å²) >= 11 is 0. The lowest BCUT2D eigenvalue weighted by Crippen LogP contribution is -2.35. The zero-order valence-corrected chi connectivity index (χ0v) is 12.4. The molecular formula is C16H25N3O. The van der Waals surface area contributed by atoms with Crippen molar-refractivity contribution in [3.63, 3.8) is 0 Å². The minimum atomic E-state index is -0.246. The molecule has 2 N–H and O–H groups in total. The second kappa shape index (κ2) is 5.78. The smallest absolute Gasteiger partial charge is 0.160 e. The van der Waals surface area contributed by atoms with Gasteiger partial charge in [0, 0.05) is 30.1 Å². The first-order valence-electron chi connectivity index (χ1n) is 8.01. The molecule has 4 nitrogen and oxygen atoms in total. The molecule has 1 aromatic heterocycles. The van der Waals surface area contributed by atoms with Crippen molar-refractivity contribution in [3.8, 4) is 0 Å². The van der Waals surface area contributed by atoms with Crippen LogP contribution in [0.3, 0.4) is 0 Å². The summed E-state index contributed by atoms with van der Waals surface area (Å²) in [6.45, 7) is 2.78. The number of aromatic nitrogens is 2. The molecule has 1 atom stereocenters. The van der Waals surface area contributed by atoms with E-state index in [0.29, 0.717) is 0 Å². The van der Waals surface area contributed by atoms with Crippen LogP contribution in [0.2, 0.25) is 0 Å². The Labute approximate surface area is 121 Å². The van der Waals surface area contributed by atoms with Crippen molar-refractivity contribution in [2.24, 2.45) is 5.73 Å². The number of aryl methyl sites for hydroxylation is 1. The predicted octanol–water partition coefficient (Wildman–Crippen LogP) is 3.01. The molecular weight excluding hydrogens is 250 g/mol. The van der Waals surface area contributed by atoms with Gasteiger partial charge in [0.2, 0.25) is 0 Å². The van der Waals surface area contributed by atoms with E-state index in [1.165, 1.54) is 19.3 Å². The Morgan fingerprint density at radius 3 is 2.85 bits per heavy atom. The van der Waals surface area contributed by atoms with E-state index in [1.807, 2.05) is 6.20 Å². The highest BCUT2D eigenvalue weighted by Crippen LogP contribution is 2.39. The van der Waals surface area contributed by atoms with Gasteiger partial charge in [-0.15, -0.1) is 0 Å². The van der Waals surface area contributed by atoms with Crippen molar-refractivity contribution in [1.29, 1.82) is 0 Å². The molecule has 0 bridgehead atoms. The summed E-state index contributed by atoms with van der Waals surface area (Å²) in [5.41, 5.74) is 8.20. The highest BCUT2D eigenvalue weighted by molar-refractivity contribution is 5.25. The molecule has 1 saturated carbocycles. The van der Waals surface area contributed by atoms with Crippen LogP contribution in [0.25, 0.3) is 0 Å². The lowest BCUT2D eigenvalue weighted by molar-refractivity contribution is -0.0768. The van der Waals surface area contributed by atoms with Crippen molar-refractivity contribution < 1.29 is 4.74 Å². The van der Waals surface area contributed by atoms with E-state index in [4.69, 9.17) is 15.5 Å². The van der Waals surface area contributed by atoms with Gasteiger partial charge in [0.15, 0.2) is 5.82 Å². The third kappa shape index (κ3) is 2.47. The van der Waals surface area contributed by atoms with Gasteiger partial charge < -0.3 is 10.5 Å². The molecule has 0 amide bonds. The Bertz CT molecular complexity index is 463. The SMILES string of the molecule is CCOC1(c2ncc3c(n2)CCCC3N)CCCCC1. The molecule has 1 heterocycles. The summed E-state index contributed by atoms with van der Waals surface area (Å²) in [5, 5.41) is 0. The number of nitrogens with zero attached hydrogens (tertiary/aromatic N) is 2. The van der Waals surface area contributed by atoms with Crippen molar-refractivity contribution in [1.82, 2.24) is 9.97 Å². The van der Waals surface area contributed by atoms with E-state index in [2.05, 4.69) is 11.9 Å². The van der Waals surface area contributed by atoms with Gasteiger partial charge in [-0.3, -0.25) is 0 Å². The number of hydrogen-bond donors (Lipinski definition) is 1. The fourth-order valence-corrected chi connectivity index (χ4v) is 3.63. The zero-order valence-electron chi connectivity index (χ0n) is 12.4. The van der Waals surface area contributed by atoms with E-state index in [1.54, 1.807) is 0 Å². The van der Waals surface area contributed by atoms with Gasteiger partial charge in [-0.1, -0.05) is 19.3 Å². The second-order valence-electron chi connectivity index (χ2n) is 6.08. The van der Waals surface area contributed by atoms with E-state index < -0.39 is 0 Å². The predicted molar refractivity (Wildman–Crippen MR) is 78.3 cm³/mol. The Kier molecular flexibility index (Phi) is 4.03. The maximum atomic E-state index is 6.16. The van der Waals surface area contributed by atoms with Crippen LogP contribution in [0.4, 0.5) is 0 Å². The van der Waals surface area contributed by atoms with Gasteiger partial charge in [-0.05, 0) is 39.0 Å². The molecule has 1 aromatic rings. The second-order valence-corrected chi connectivity index (χ2v) is 6.08. The Morgan fingerprint density at radius 1 is 1.30 bits per heavy atom. The highest BCUT2D eigenvalue weighted by atomic mass is 16.5. The number of hydrogen-bond acceptors (Lipinski definition) is 4. The van der Waals surface area contributed by atoms with Crippen LogP contribution in [0.1, 0.15) is 75.0 Å². The minimum absolute atomic E-state index is 0.113. The first-order valence-corrected chi connectivity index (χ1v) is 8.01. The van der Waals surface area contributed by atoms with Gasteiger partial charge in [0.25, 0.3) is 0 Å². The summed E-state index contributed by atoms with van der Waals surface area (Å²) < 4.78 is 6.12. The Hall–Kier alpha value is -1.00. The maximum Gasteiger partial charge on any atom is 0.160 e. The topological polar surface area (TPSA) is 61.0 Å². The van der Waals surface area contributed by atoms with Crippen molar-refractivity contribution in [3.05, 3.63) is 23.3 Å². The summed E-state index contributed by atoms with van der Waals surface area (Å²) in [6.07, 6.45) is 11.0. The van der Waals surface area contributed by atoms with E-state index in [9.17, 15) is 0 Å². The van der Waals surface area contributed by atoms with Crippen LogP contribution in [0.15, 0.2) is 6.20 Å². The fourth-order valence-electron chi connectivity index (χ4n) is 3.63. The number of nitrogens with two attached hydrogens (primary N) is 1. The Balaban J connectivity index is 1.95. The van der Waals surface area contributed by atoms with Crippen LogP contribution >= 0.6 is 0 Å². The van der Waals surface area contributed by atoms with Crippen LogP contribution in [0, 0.1) is 0 Å². The van der Waals surface area contributed by atoms with Crippen LogP contribution in [0.5, 0.6) is 0 Å². The molecule has 20 heavy (non-hydrogen) atoms. The van der Waals surface area contributed by atoms with E-state index in [0.717, 1.165) is 55.8 Å². The lowest BCUT2D eigenvalue weighted by Gasteiger charge is -2.36. The van der Waals surface area contributed by atoms with E-state index in [-0.39, 0.29) is 11.6 Å². The van der Waals surface area contributed by atoms with E-state index >= 15 is 0 Å². The zero-order chi connectivity index (χ0) is 14.0. The normalized spacial score (nSPS) is 25.2. The highest BCUT2D eigenvalue weighted by Gasteiger charge is 2.38. The average Bonchev–Trinajstić information content (AvgIpc) is 2.48. The third-order valence-electron chi connectivity index (χ3n) is 4.72. The molecule has 0 saturated heterocycles. The number of fused-ring (bicyclic) bond motifs is 1. The largest absolute Gasteiger partial charge is 0.367 e. The summed E-state index contributed by atoms with van der Waals surface area (Å²) in [6, 6.07) is 0.113. The van der Waals surface area contributed by atoms with Crippen molar-refractivity contribution in [2.45, 2.75) is 69.9 Å². The molecule has 0 radical (unpaired) electrons. The number of ether oxygens (including phenoxy) is 1. The quantitative estimate of drug-likeness (QED) is 0.921. The number of rotatable bonds is 3. The standard InChI is InChI=1S/C16H25N3O/c1-2-20-16(9-4-3-5-10-16)15-18-11-12-13(17)7-6-8-14(12)19-15/h11,13H,2-10,17H2,1H3. The van der Waals surface area contributed by atoms with Gasteiger partial charge in [-0.2, -0.15) is 0 Å². The van der Waals surface area contributed by atoms with Gasteiger partial charge in [0.1, 0.15) is 5.60 Å². The molecule has 110 valence electrons. The van der Waals surface area contributed by atoms with Crippen molar-refractivity contribution >= 4 is 0 Å². The fraction of sp³-hybridized carbons (Fsp3) is 0.750. The molecule has 0 aliphatic heterocycles. The molecule has 1 fully saturated rings. The van der Waals surface area contributed by atoms with Crippen molar-refractivity contribution in [2.75, 3.05) is 6.61 Å². The maximum absolute atomic E-state index is 6.16. The minimum Gasteiger partial charge on any atom is -0.367 e. The average molecular weight is 275 g/mol. The van der Waals surface area contributed by atoms with Crippen LogP contribution < -0.4 is 5.73 Å². The van der Waals surface area contributed by atoms with Crippen LogP contribution in [-0.2, 0) is 16.8 Å².